The lowest BCUT2D eigenvalue weighted by Crippen LogP contribution is -2.41. The van der Waals surface area contributed by atoms with E-state index in [4.69, 9.17) is 0 Å². The molecule has 1 aliphatic rings. The minimum Gasteiger partial charge on any atom is -0.349 e. The van der Waals surface area contributed by atoms with Gasteiger partial charge in [0.15, 0.2) is 5.03 Å². The molecule has 7 heteroatoms. The highest BCUT2D eigenvalue weighted by Gasteiger charge is 2.37. The summed E-state index contributed by atoms with van der Waals surface area (Å²) in [6.45, 7) is 3.26. The van der Waals surface area contributed by atoms with Gasteiger partial charge in [-0.05, 0) is 18.6 Å². The number of fused-ring (bicyclic) bond motifs is 1. The number of aromatic nitrogens is 3. The summed E-state index contributed by atoms with van der Waals surface area (Å²) >= 11 is 0. The van der Waals surface area contributed by atoms with Crippen molar-refractivity contribution in [1.82, 2.24) is 18.4 Å². The molecule has 0 amide bonds. The molecule has 0 radical (unpaired) electrons. The zero-order chi connectivity index (χ0) is 15.0. The first-order valence-corrected chi connectivity index (χ1v) is 8.63. The third kappa shape index (κ3) is 2.40. The van der Waals surface area contributed by atoms with E-state index in [0.29, 0.717) is 13.1 Å². The molecule has 0 spiro atoms. The molecule has 0 aromatic carbocycles. The van der Waals surface area contributed by atoms with E-state index in [9.17, 15) is 8.42 Å². The number of aryl methyl sites for hydroxylation is 1. The van der Waals surface area contributed by atoms with Crippen molar-refractivity contribution in [2.24, 2.45) is 7.05 Å². The van der Waals surface area contributed by atoms with Crippen molar-refractivity contribution in [2.75, 3.05) is 6.54 Å². The van der Waals surface area contributed by atoms with Crippen molar-refractivity contribution in [2.45, 2.75) is 37.4 Å². The van der Waals surface area contributed by atoms with Crippen LogP contribution in [0.4, 0.5) is 0 Å². The first-order chi connectivity index (χ1) is 10.0. The number of hydrogen-bond acceptors (Lipinski definition) is 3. The Labute approximate surface area is 125 Å². The van der Waals surface area contributed by atoms with Gasteiger partial charge in [-0.3, -0.25) is 0 Å². The molecule has 3 heterocycles. The quantitative estimate of drug-likeness (QED) is 0.865. The minimum atomic E-state index is -3.55. The van der Waals surface area contributed by atoms with Crippen LogP contribution in [-0.4, -0.2) is 33.4 Å². The average Bonchev–Trinajstić information content (AvgIpc) is 3.07. The fourth-order valence-corrected chi connectivity index (χ4v) is 4.53. The van der Waals surface area contributed by atoms with Crippen LogP contribution in [0.3, 0.4) is 0 Å². The fraction of sp³-hybridized carbons (Fsp3) is 0.500. The van der Waals surface area contributed by atoms with Crippen molar-refractivity contribution < 1.29 is 8.42 Å². The Kier molecular flexibility index (Phi) is 3.62. The van der Waals surface area contributed by atoms with Crippen LogP contribution in [0.5, 0.6) is 0 Å². The largest absolute Gasteiger partial charge is 0.349 e. The van der Waals surface area contributed by atoms with Crippen molar-refractivity contribution in [3.8, 4) is 0 Å². The molecule has 6 nitrogen and oxygen atoms in total. The highest BCUT2D eigenvalue weighted by molar-refractivity contribution is 7.89. The SMILES string of the molecule is CCC[C@H]1c2cccn2CCN1S(=O)(=O)c1cn(C)cn1. The Balaban J connectivity index is 2.01. The second kappa shape index (κ2) is 5.31. The molecule has 3 rings (SSSR count). The number of hydrogen-bond donors (Lipinski definition) is 0. The third-order valence-electron chi connectivity index (χ3n) is 3.93. The van der Waals surface area contributed by atoms with Crippen LogP contribution in [0.25, 0.3) is 0 Å². The van der Waals surface area contributed by atoms with Crippen LogP contribution in [0.2, 0.25) is 0 Å². The summed E-state index contributed by atoms with van der Waals surface area (Å²) in [5, 5.41) is 0.131. The van der Waals surface area contributed by atoms with Crippen molar-refractivity contribution in [1.29, 1.82) is 0 Å². The standard InChI is InChI=1S/C14H20N4O2S/c1-3-5-13-12-6-4-7-17(12)8-9-18(13)21(19,20)14-10-16(2)11-15-14/h4,6-7,10-11,13H,3,5,8-9H2,1-2H3/t13-/m0/s1. The first-order valence-electron chi connectivity index (χ1n) is 7.19. The Morgan fingerprint density at radius 3 is 2.86 bits per heavy atom. The molecule has 114 valence electrons. The summed E-state index contributed by atoms with van der Waals surface area (Å²) in [7, 11) is -1.77. The monoisotopic (exact) mass is 308 g/mol. The zero-order valence-corrected chi connectivity index (χ0v) is 13.1. The molecular formula is C14H20N4O2S. The predicted molar refractivity (Wildman–Crippen MR) is 79.2 cm³/mol. The van der Waals surface area contributed by atoms with Gasteiger partial charge in [0.1, 0.15) is 0 Å². The second-order valence-corrected chi connectivity index (χ2v) is 7.26. The first kappa shape index (κ1) is 14.3. The van der Waals surface area contributed by atoms with Gasteiger partial charge < -0.3 is 9.13 Å². The maximum atomic E-state index is 12.9. The maximum absolute atomic E-state index is 12.9. The van der Waals surface area contributed by atoms with E-state index >= 15 is 0 Å². The Hall–Kier alpha value is -1.60. The van der Waals surface area contributed by atoms with E-state index in [1.807, 2.05) is 18.3 Å². The van der Waals surface area contributed by atoms with Crippen molar-refractivity contribution >= 4 is 10.0 Å². The summed E-state index contributed by atoms with van der Waals surface area (Å²) in [5.74, 6) is 0. The Bertz CT molecular complexity index is 732. The summed E-state index contributed by atoms with van der Waals surface area (Å²) in [5.41, 5.74) is 1.07. The summed E-state index contributed by atoms with van der Waals surface area (Å²) in [6.07, 6.45) is 6.85. The lowest BCUT2D eigenvalue weighted by Gasteiger charge is -2.35. The second-order valence-electron chi connectivity index (χ2n) is 5.42. The van der Waals surface area contributed by atoms with Crippen LogP contribution < -0.4 is 0 Å². The lowest BCUT2D eigenvalue weighted by atomic mass is 10.1. The van der Waals surface area contributed by atoms with Gasteiger partial charge in [-0.2, -0.15) is 4.31 Å². The summed E-state index contributed by atoms with van der Waals surface area (Å²) in [4.78, 5) is 4.03. The molecule has 0 bridgehead atoms. The number of sulfonamides is 1. The molecule has 0 unspecified atom stereocenters. The maximum Gasteiger partial charge on any atom is 0.262 e. The normalized spacial score (nSPS) is 19.6. The molecule has 0 saturated carbocycles. The highest BCUT2D eigenvalue weighted by atomic mass is 32.2. The molecule has 2 aromatic heterocycles. The summed E-state index contributed by atoms with van der Waals surface area (Å²) < 4.78 is 31.1. The Morgan fingerprint density at radius 1 is 1.38 bits per heavy atom. The van der Waals surface area contributed by atoms with Crippen LogP contribution >= 0.6 is 0 Å². The molecule has 0 N–H and O–H groups in total. The van der Waals surface area contributed by atoms with E-state index in [-0.39, 0.29) is 11.1 Å². The smallest absolute Gasteiger partial charge is 0.262 e. The van der Waals surface area contributed by atoms with Crippen LogP contribution in [0, 0.1) is 0 Å². The van der Waals surface area contributed by atoms with Gasteiger partial charge in [-0.15, -0.1) is 0 Å². The van der Waals surface area contributed by atoms with E-state index in [0.717, 1.165) is 18.5 Å². The lowest BCUT2D eigenvalue weighted by molar-refractivity contribution is 0.252. The van der Waals surface area contributed by atoms with Crippen molar-refractivity contribution in [3.05, 3.63) is 36.5 Å². The van der Waals surface area contributed by atoms with Gasteiger partial charge in [-0.25, -0.2) is 13.4 Å². The van der Waals surface area contributed by atoms with Crippen LogP contribution in [-0.2, 0) is 23.6 Å². The number of imidazole rings is 1. The number of nitrogens with zero attached hydrogens (tertiary/aromatic N) is 4. The molecule has 21 heavy (non-hydrogen) atoms. The van der Waals surface area contributed by atoms with E-state index < -0.39 is 10.0 Å². The predicted octanol–water partition coefficient (Wildman–Crippen LogP) is 1.77. The third-order valence-corrected chi connectivity index (χ3v) is 5.73. The molecule has 1 aliphatic heterocycles. The fourth-order valence-electron chi connectivity index (χ4n) is 2.94. The van der Waals surface area contributed by atoms with Gasteiger partial charge in [0.2, 0.25) is 0 Å². The highest BCUT2D eigenvalue weighted by Crippen LogP contribution is 2.34. The van der Waals surface area contributed by atoms with Gasteiger partial charge in [0, 0.05) is 38.2 Å². The Morgan fingerprint density at radius 2 is 2.19 bits per heavy atom. The minimum absolute atomic E-state index is 0.106. The van der Waals surface area contributed by atoms with Crippen molar-refractivity contribution in [3.63, 3.8) is 0 Å². The molecule has 2 aromatic rings. The van der Waals surface area contributed by atoms with E-state index in [1.165, 1.54) is 6.33 Å². The van der Waals surface area contributed by atoms with Gasteiger partial charge >= 0.3 is 0 Å². The number of rotatable bonds is 4. The van der Waals surface area contributed by atoms with Crippen LogP contribution in [0.15, 0.2) is 35.9 Å². The zero-order valence-electron chi connectivity index (χ0n) is 12.3. The van der Waals surface area contributed by atoms with Gasteiger partial charge in [0.05, 0.1) is 12.4 Å². The topological polar surface area (TPSA) is 60.1 Å². The molecule has 0 saturated heterocycles. The molecule has 1 atom stereocenters. The van der Waals surface area contributed by atoms with Gasteiger partial charge in [-0.1, -0.05) is 13.3 Å². The molecular weight excluding hydrogens is 288 g/mol. The average molecular weight is 308 g/mol. The van der Waals surface area contributed by atoms with Crippen LogP contribution in [0.1, 0.15) is 31.5 Å². The van der Waals surface area contributed by atoms with E-state index in [1.54, 1.807) is 22.1 Å². The molecule has 0 aliphatic carbocycles. The van der Waals surface area contributed by atoms with E-state index in [2.05, 4.69) is 16.5 Å². The molecule has 0 fully saturated rings. The summed E-state index contributed by atoms with van der Waals surface area (Å²) in [6, 6.07) is 3.89. The van der Waals surface area contributed by atoms with Gasteiger partial charge in [0.25, 0.3) is 10.0 Å².